The topological polar surface area (TPSA) is 416 Å². The van der Waals surface area contributed by atoms with Crippen molar-refractivity contribution in [3.8, 4) is 0 Å². The number of aliphatic hydroxyl groups is 15. The number of amides is 1. The Hall–Kier alpha value is -1.49. The van der Waals surface area contributed by atoms with Crippen molar-refractivity contribution in [2.75, 3.05) is 26.4 Å². The minimum Gasteiger partial charge on any atom is -0.394 e. The Labute approximate surface area is 329 Å². The van der Waals surface area contributed by atoms with Crippen LogP contribution in [-0.4, -0.2) is 262 Å². The molecule has 5 rings (SSSR count). The van der Waals surface area contributed by atoms with Crippen LogP contribution in [0.2, 0.25) is 0 Å². The van der Waals surface area contributed by atoms with Crippen molar-refractivity contribution in [3.63, 3.8) is 0 Å². The van der Waals surface area contributed by atoms with Crippen LogP contribution < -0.4 is 5.32 Å². The van der Waals surface area contributed by atoms with Gasteiger partial charge in [0, 0.05) is 6.92 Å². The molecule has 5 aliphatic rings. The van der Waals surface area contributed by atoms with E-state index in [0.29, 0.717) is 0 Å². The van der Waals surface area contributed by atoms with Crippen LogP contribution in [0.5, 0.6) is 0 Å². The normalized spacial score (nSPS) is 51.6. The molecule has 0 aromatic rings. The van der Waals surface area contributed by atoms with Crippen molar-refractivity contribution in [2.45, 2.75) is 167 Å². The second-order valence-electron chi connectivity index (χ2n) is 14.7. The second kappa shape index (κ2) is 20.1. The van der Waals surface area contributed by atoms with Crippen molar-refractivity contribution < 1.29 is 124 Å². The maximum Gasteiger partial charge on any atom is 0.217 e. The van der Waals surface area contributed by atoms with E-state index in [1.807, 2.05) is 0 Å². The third-order valence-electron chi connectivity index (χ3n) is 10.7. The molecule has 1 amide bonds. The molecule has 26 nitrogen and oxygen atoms in total. The predicted octanol–water partition coefficient (Wildman–Crippen LogP) is -10.8. The highest BCUT2D eigenvalue weighted by Gasteiger charge is 2.57. The smallest absolute Gasteiger partial charge is 0.217 e. The molecule has 26 heteroatoms. The molecular formula is C32H55NO25. The Bertz CT molecular complexity index is 1310. The zero-order valence-corrected chi connectivity index (χ0v) is 31.1. The third-order valence-corrected chi connectivity index (χ3v) is 10.7. The van der Waals surface area contributed by atoms with Gasteiger partial charge in [0.15, 0.2) is 31.5 Å². The van der Waals surface area contributed by atoms with E-state index in [-0.39, 0.29) is 0 Å². The van der Waals surface area contributed by atoms with E-state index in [1.165, 1.54) is 6.92 Å². The minimum atomic E-state index is -2.08. The van der Waals surface area contributed by atoms with E-state index in [0.717, 1.165) is 6.92 Å². The van der Waals surface area contributed by atoms with Crippen LogP contribution in [0, 0.1) is 0 Å². The first-order valence-corrected chi connectivity index (χ1v) is 18.5. The predicted molar refractivity (Wildman–Crippen MR) is 177 cm³/mol. The van der Waals surface area contributed by atoms with Gasteiger partial charge >= 0.3 is 0 Å². The largest absolute Gasteiger partial charge is 0.394 e. The van der Waals surface area contributed by atoms with Crippen molar-refractivity contribution >= 4 is 5.91 Å². The first kappa shape index (κ1) is 47.6. The van der Waals surface area contributed by atoms with Crippen LogP contribution in [0.25, 0.3) is 0 Å². The van der Waals surface area contributed by atoms with Gasteiger partial charge in [0.1, 0.15) is 116 Å². The molecule has 0 spiro atoms. The Morgan fingerprint density at radius 2 is 0.914 bits per heavy atom. The highest BCUT2D eigenvalue weighted by Crippen LogP contribution is 2.36. The summed E-state index contributed by atoms with van der Waals surface area (Å²) in [5.74, 6) is -0.806. The Kier molecular flexibility index (Phi) is 16.5. The van der Waals surface area contributed by atoms with Gasteiger partial charge in [-0.25, -0.2) is 0 Å². The van der Waals surface area contributed by atoms with E-state index < -0.39 is 186 Å². The first-order valence-electron chi connectivity index (χ1n) is 18.5. The SMILES string of the molecule is CC(=O)N[C@H]1[C@H](O[C@H]2[C@@H](O)[C@@H](CO)O[C@@H](O[C@H]3[C@H](O)[C@@H](O)C(O)O[C@@H]3CO)[C@@H]2O)O[C@H](CO)[C@@H](O[C@@H]2O[C@H](CO)[C@H](O)[C@H](O)[C@H]2O[C@@H]2O[C@@H](C)[C@@H](O)[C@@H](O)[C@@H]2O)[C@@H]1O. The van der Waals surface area contributed by atoms with Crippen molar-refractivity contribution in [1.29, 1.82) is 0 Å². The molecule has 0 radical (unpaired) electrons. The molecule has 16 N–H and O–H groups in total. The van der Waals surface area contributed by atoms with Crippen LogP contribution in [-0.2, 0) is 47.4 Å². The standard InChI is InChI=1S/C32H55NO25/c1-7-14(39)18(43)22(47)30(50-7)58-27-19(44)15(40)9(3-34)53-32(27)56-24-12(6-37)54-29(13(17(24)42)33-8(2)38)57-26-16(41)10(4-35)52-31(23(26)48)55-25-11(5-36)51-28(49)21(46)20(25)45/h7,9-32,34-37,39-49H,3-6H2,1-2H3,(H,33,38)/t7-,9+,10+,11+,12+,13+,14+,15-,16-,17+,18+,19-,20+,21+,22-,23+,24+,25+,26-,27+,28?,29-,30-,31-,32-/m0/s1. The highest BCUT2D eigenvalue weighted by molar-refractivity contribution is 5.73. The van der Waals surface area contributed by atoms with Gasteiger partial charge in [-0.15, -0.1) is 0 Å². The summed E-state index contributed by atoms with van der Waals surface area (Å²) in [5, 5.41) is 160. The minimum absolute atomic E-state index is 0.806. The lowest BCUT2D eigenvalue weighted by Crippen LogP contribution is -2.70. The lowest BCUT2D eigenvalue weighted by atomic mass is 9.94. The number of carbonyl (C=O) groups is 1. The fraction of sp³-hybridized carbons (Fsp3) is 0.969. The number of nitrogens with one attached hydrogen (secondary N) is 1. The van der Waals surface area contributed by atoms with Crippen LogP contribution in [0.3, 0.4) is 0 Å². The molecule has 0 aliphatic carbocycles. The summed E-state index contributed by atoms with van der Waals surface area (Å²) in [6.07, 6.45) is -43.0. The quantitative estimate of drug-likeness (QED) is 0.0818. The van der Waals surface area contributed by atoms with E-state index in [2.05, 4.69) is 5.32 Å². The van der Waals surface area contributed by atoms with E-state index in [4.69, 9.17) is 42.6 Å². The van der Waals surface area contributed by atoms with Crippen LogP contribution in [0.4, 0.5) is 0 Å². The monoisotopic (exact) mass is 853 g/mol. The average molecular weight is 854 g/mol. The number of ether oxygens (including phenoxy) is 9. The molecule has 5 fully saturated rings. The van der Waals surface area contributed by atoms with Crippen LogP contribution in [0.15, 0.2) is 0 Å². The number of rotatable bonds is 13. The fourth-order valence-corrected chi connectivity index (χ4v) is 7.36. The number of hydrogen-bond acceptors (Lipinski definition) is 25. The Morgan fingerprint density at radius 3 is 1.52 bits per heavy atom. The summed E-state index contributed by atoms with van der Waals surface area (Å²) in [5.41, 5.74) is 0. The molecule has 0 aromatic heterocycles. The van der Waals surface area contributed by atoms with Gasteiger partial charge < -0.3 is 125 Å². The van der Waals surface area contributed by atoms with Gasteiger partial charge in [-0.1, -0.05) is 0 Å². The first-order chi connectivity index (χ1) is 27.4. The fourth-order valence-electron chi connectivity index (χ4n) is 7.36. The van der Waals surface area contributed by atoms with Gasteiger partial charge in [0.05, 0.1) is 32.5 Å². The molecule has 0 bridgehead atoms. The molecule has 25 atom stereocenters. The van der Waals surface area contributed by atoms with Gasteiger partial charge in [0.25, 0.3) is 0 Å². The lowest BCUT2D eigenvalue weighted by molar-refractivity contribution is -0.391. The molecule has 5 aliphatic heterocycles. The molecular weight excluding hydrogens is 798 g/mol. The number of aliphatic hydroxyl groups excluding tert-OH is 15. The Morgan fingerprint density at radius 1 is 0.448 bits per heavy atom. The summed E-state index contributed by atoms with van der Waals surface area (Å²) >= 11 is 0. The summed E-state index contributed by atoms with van der Waals surface area (Å²) < 4.78 is 50.6. The molecule has 338 valence electrons. The van der Waals surface area contributed by atoms with E-state index in [9.17, 15) is 81.4 Å². The van der Waals surface area contributed by atoms with Crippen LogP contribution in [0.1, 0.15) is 13.8 Å². The third kappa shape index (κ3) is 9.75. The highest BCUT2D eigenvalue weighted by atomic mass is 16.8. The zero-order valence-electron chi connectivity index (χ0n) is 31.1. The van der Waals surface area contributed by atoms with Crippen molar-refractivity contribution in [1.82, 2.24) is 5.32 Å². The molecule has 1 unspecified atom stereocenters. The lowest BCUT2D eigenvalue weighted by Gasteiger charge is -2.50. The molecule has 58 heavy (non-hydrogen) atoms. The molecule has 0 saturated carbocycles. The summed E-state index contributed by atoms with van der Waals surface area (Å²) in [6, 6.07) is -1.71. The Balaban J connectivity index is 1.38. The summed E-state index contributed by atoms with van der Waals surface area (Å²) in [6.45, 7) is -1.30. The molecule has 5 saturated heterocycles. The van der Waals surface area contributed by atoms with Crippen LogP contribution >= 0.6 is 0 Å². The second-order valence-corrected chi connectivity index (χ2v) is 14.7. The van der Waals surface area contributed by atoms with Crippen molar-refractivity contribution in [3.05, 3.63) is 0 Å². The van der Waals surface area contributed by atoms with Crippen molar-refractivity contribution in [2.24, 2.45) is 0 Å². The average Bonchev–Trinajstić information content (AvgIpc) is 3.19. The molecule has 5 heterocycles. The summed E-state index contributed by atoms with van der Waals surface area (Å²) in [7, 11) is 0. The van der Waals surface area contributed by atoms with Gasteiger partial charge in [-0.05, 0) is 6.92 Å². The van der Waals surface area contributed by atoms with E-state index >= 15 is 0 Å². The molecule has 0 aromatic carbocycles. The van der Waals surface area contributed by atoms with Gasteiger partial charge in [-0.2, -0.15) is 0 Å². The number of carbonyl (C=O) groups excluding carboxylic acids is 1. The maximum atomic E-state index is 12.4. The number of hydrogen-bond donors (Lipinski definition) is 16. The van der Waals surface area contributed by atoms with E-state index in [1.54, 1.807) is 0 Å². The summed E-state index contributed by atoms with van der Waals surface area (Å²) in [4.78, 5) is 12.4. The van der Waals surface area contributed by atoms with Gasteiger partial charge in [-0.3, -0.25) is 4.79 Å². The van der Waals surface area contributed by atoms with Gasteiger partial charge in [0.2, 0.25) is 5.91 Å². The maximum absolute atomic E-state index is 12.4. The zero-order chi connectivity index (χ0) is 42.9.